The molecule has 0 fully saturated rings. The quantitative estimate of drug-likeness (QED) is 0.572. The Hall–Kier alpha value is -3.55. The maximum Gasteiger partial charge on any atom is 0.256 e. The molecular weight excluding hydrogens is 358 g/mol. The van der Waals surface area contributed by atoms with Crippen molar-refractivity contribution in [2.75, 3.05) is 14.2 Å². The van der Waals surface area contributed by atoms with Crippen molar-refractivity contribution in [1.82, 2.24) is 24.3 Å². The monoisotopic (exact) mass is 379 g/mol. The second-order valence-corrected chi connectivity index (χ2v) is 6.40. The Morgan fingerprint density at radius 3 is 2.61 bits per heavy atom. The summed E-state index contributed by atoms with van der Waals surface area (Å²) in [5, 5.41) is 15.7. The van der Waals surface area contributed by atoms with Crippen molar-refractivity contribution >= 4 is 10.9 Å². The fraction of sp³-hybridized carbons (Fsp3) is 0.250. The number of hydrogen-bond acceptors (Lipinski definition) is 6. The SMILES string of the molecule is CCn1cc(-n2cc3nc(-c4cnc(OC)c(OC)c4)cc(C)c3c2O)cn1. The van der Waals surface area contributed by atoms with E-state index in [1.165, 1.54) is 0 Å². The van der Waals surface area contributed by atoms with Gasteiger partial charge in [0.25, 0.3) is 5.88 Å². The molecule has 0 saturated carbocycles. The molecule has 0 amide bonds. The number of aromatic nitrogens is 5. The molecule has 0 radical (unpaired) electrons. The number of nitrogens with zero attached hydrogens (tertiary/aromatic N) is 5. The molecule has 4 aromatic heterocycles. The minimum atomic E-state index is 0.146. The van der Waals surface area contributed by atoms with E-state index < -0.39 is 0 Å². The third-order valence-corrected chi connectivity index (χ3v) is 4.70. The standard InChI is InChI=1S/C20H21N5O3/c1-5-24-10-14(9-22-24)25-11-16-18(20(25)26)12(2)6-15(23-16)13-7-17(27-3)19(28-4)21-8-13/h6-11,26H,5H2,1-4H3. The summed E-state index contributed by atoms with van der Waals surface area (Å²) in [5.74, 6) is 1.10. The van der Waals surface area contributed by atoms with Gasteiger partial charge < -0.3 is 14.6 Å². The van der Waals surface area contributed by atoms with E-state index in [9.17, 15) is 5.11 Å². The van der Waals surface area contributed by atoms with E-state index in [0.29, 0.717) is 22.5 Å². The Morgan fingerprint density at radius 2 is 1.93 bits per heavy atom. The highest BCUT2D eigenvalue weighted by Crippen LogP contribution is 2.35. The average Bonchev–Trinajstić information content (AvgIpc) is 3.31. The fourth-order valence-electron chi connectivity index (χ4n) is 3.25. The first kappa shape index (κ1) is 17.8. The van der Waals surface area contributed by atoms with E-state index in [1.807, 2.05) is 38.4 Å². The molecule has 4 heterocycles. The largest absolute Gasteiger partial charge is 0.494 e. The van der Waals surface area contributed by atoms with Gasteiger partial charge in [-0.1, -0.05) is 0 Å². The third-order valence-electron chi connectivity index (χ3n) is 4.70. The molecule has 0 aliphatic rings. The van der Waals surface area contributed by atoms with Gasteiger partial charge in [0.1, 0.15) is 0 Å². The van der Waals surface area contributed by atoms with Gasteiger partial charge >= 0.3 is 0 Å². The molecule has 28 heavy (non-hydrogen) atoms. The Morgan fingerprint density at radius 1 is 1.11 bits per heavy atom. The van der Waals surface area contributed by atoms with Gasteiger partial charge in [0, 0.05) is 30.7 Å². The Kier molecular flexibility index (Phi) is 4.38. The Balaban J connectivity index is 1.85. The van der Waals surface area contributed by atoms with Crippen molar-refractivity contribution in [3.63, 3.8) is 0 Å². The van der Waals surface area contributed by atoms with Crippen molar-refractivity contribution in [2.24, 2.45) is 0 Å². The second-order valence-electron chi connectivity index (χ2n) is 6.40. The van der Waals surface area contributed by atoms with Gasteiger partial charge in [-0.2, -0.15) is 5.10 Å². The lowest BCUT2D eigenvalue weighted by Crippen LogP contribution is -1.95. The normalized spacial score (nSPS) is 11.1. The summed E-state index contributed by atoms with van der Waals surface area (Å²) < 4.78 is 14.0. The molecule has 0 aliphatic carbocycles. The maximum absolute atomic E-state index is 10.8. The fourth-order valence-corrected chi connectivity index (χ4v) is 3.25. The minimum absolute atomic E-state index is 0.146. The molecule has 1 N–H and O–H groups in total. The summed E-state index contributed by atoms with van der Waals surface area (Å²) in [5.41, 5.74) is 3.92. The lowest BCUT2D eigenvalue weighted by atomic mass is 10.1. The molecule has 8 nitrogen and oxygen atoms in total. The van der Waals surface area contributed by atoms with E-state index in [0.717, 1.165) is 29.1 Å². The molecule has 8 heteroatoms. The van der Waals surface area contributed by atoms with Gasteiger partial charge in [0.15, 0.2) is 5.75 Å². The van der Waals surface area contributed by atoms with Crippen LogP contribution in [0.3, 0.4) is 0 Å². The summed E-state index contributed by atoms with van der Waals surface area (Å²) in [6.07, 6.45) is 7.10. The highest BCUT2D eigenvalue weighted by Gasteiger charge is 2.17. The van der Waals surface area contributed by atoms with Gasteiger partial charge in [-0.3, -0.25) is 9.25 Å². The molecular formula is C20H21N5O3. The molecule has 0 saturated heterocycles. The van der Waals surface area contributed by atoms with Gasteiger partial charge in [-0.15, -0.1) is 0 Å². The summed E-state index contributed by atoms with van der Waals surface area (Å²) in [6, 6.07) is 3.76. The predicted octanol–water partition coefficient (Wildman–Crippen LogP) is 3.34. The van der Waals surface area contributed by atoms with Crippen molar-refractivity contribution in [3.05, 3.63) is 42.5 Å². The summed E-state index contributed by atoms with van der Waals surface area (Å²) in [4.78, 5) is 9.01. The van der Waals surface area contributed by atoms with E-state index >= 15 is 0 Å². The van der Waals surface area contributed by atoms with Crippen LogP contribution in [0.25, 0.3) is 27.8 Å². The van der Waals surface area contributed by atoms with Crippen molar-refractivity contribution in [3.8, 4) is 34.5 Å². The first-order valence-corrected chi connectivity index (χ1v) is 8.88. The number of fused-ring (bicyclic) bond motifs is 1. The van der Waals surface area contributed by atoms with Crippen molar-refractivity contribution < 1.29 is 14.6 Å². The third kappa shape index (κ3) is 2.83. The number of pyridine rings is 2. The van der Waals surface area contributed by atoms with E-state index in [-0.39, 0.29) is 5.88 Å². The Bertz CT molecular complexity index is 1160. The highest BCUT2D eigenvalue weighted by atomic mass is 16.5. The van der Waals surface area contributed by atoms with Crippen LogP contribution in [0.2, 0.25) is 0 Å². The molecule has 0 aliphatic heterocycles. The van der Waals surface area contributed by atoms with Crippen LogP contribution in [-0.2, 0) is 6.54 Å². The van der Waals surface area contributed by atoms with E-state index in [4.69, 9.17) is 14.5 Å². The lowest BCUT2D eigenvalue weighted by Gasteiger charge is -2.09. The number of methoxy groups -OCH3 is 2. The zero-order valence-corrected chi connectivity index (χ0v) is 16.2. The van der Waals surface area contributed by atoms with Crippen LogP contribution in [0.15, 0.2) is 36.9 Å². The van der Waals surface area contributed by atoms with Crippen LogP contribution < -0.4 is 9.47 Å². The van der Waals surface area contributed by atoms with Gasteiger partial charge in [0.05, 0.1) is 42.7 Å². The number of aromatic hydroxyl groups is 1. The minimum Gasteiger partial charge on any atom is -0.494 e. The van der Waals surface area contributed by atoms with Gasteiger partial charge in [0.2, 0.25) is 5.88 Å². The van der Waals surface area contributed by atoms with E-state index in [2.05, 4.69) is 10.1 Å². The van der Waals surface area contributed by atoms with Crippen molar-refractivity contribution in [1.29, 1.82) is 0 Å². The summed E-state index contributed by atoms with van der Waals surface area (Å²) in [7, 11) is 3.12. The predicted molar refractivity (Wildman–Crippen MR) is 105 cm³/mol. The summed E-state index contributed by atoms with van der Waals surface area (Å²) >= 11 is 0. The molecule has 0 spiro atoms. The molecule has 0 unspecified atom stereocenters. The van der Waals surface area contributed by atoms with Crippen LogP contribution >= 0.6 is 0 Å². The molecule has 0 atom stereocenters. The molecule has 144 valence electrons. The first-order chi connectivity index (χ1) is 13.5. The summed E-state index contributed by atoms with van der Waals surface area (Å²) in [6.45, 7) is 4.72. The van der Waals surface area contributed by atoms with Crippen LogP contribution in [0, 0.1) is 6.92 Å². The molecule has 4 aromatic rings. The maximum atomic E-state index is 10.8. The van der Waals surface area contributed by atoms with Gasteiger partial charge in [-0.25, -0.2) is 9.97 Å². The number of aryl methyl sites for hydroxylation is 2. The first-order valence-electron chi connectivity index (χ1n) is 8.88. The molecule has 4 rings (SSSR count). The van der Waals surface area contributed by atoms with Crippen LogP contribution in [0.4, 0.5) is 0 Å². The number of rotatable bonds is 5. The topological polar surface area (TPSA) is 87.2 Å². The van der Waals surface area contributed by atoms with E-state index in [1.54, 1.807) is 35.9 Å². The average molecular weight is 379 g/mol. The zero-order valence-electron chi connectivity index (χ0n) is 16.2. The Labute approximate surface area is 162 Å². The second kappa shape index (κ2) is 6.88. The highest BCUT2D eigenvalue weighted by molar-refractivity contribution is 5.90. The molecule has 0 bridgehead atoms. The van der Waals surface area contributed by atoms with Crippen LogP contribution in [0.1, 0.15) is 12.5 Å². The number of ether oxygens (including phenoxy) is 2. The van der Waals surface area contributed by atoms with Crippen molar-refractivity contribution in [2.45, 2.75) is 20.4 Å². The van der Waals surface area contributed by atoms with Gasteiger partial charge in [-0.05, 0) is 31.5 Å². The zero-order chi connectivity index (χ0) is 19.8. The van der Waals surface area contributed by atoms with Crippen LogP contribution in [-0.4, -0.2) is 43.6 Å². The van der Waals surface area contributed by atoms with Crippen LogP contribution in [0.5, 0.6) is 17.5 Å². The smallest absolute Gasteiger partial charge is 0.256 e. The lowest BCUT2D eigenvalue weighted by molar-refractivity contribution is 0.343. The number of hydrogen-bond donors (Lipinski definition) is 1. The molecule has 0 aromatic carbocycles.